The summed E-state index contributed by atoms with van der Waals surface area (Å²) in [5.41, 5.74) is 2.82. The molecule has 0 aliphatic heterocycles. The minimum atomic E-state index is -1.03. The van der Waals surface area contributed by atoms with Gasteiger partial charge in [0, 0.05) is 6.54 Å². The minimum Gasteiger partial charge on any atom is -0.445 e. The van der Waals surface area contributed by atoms with Crippen molar-refractivity contribution in [2.24, 2.45) is 5.92 Å². The number of ketones is 1. The number of carbonyl (C=O) groups excluding carboxylic acids is 4. The van der Waals surface area contributed by atoms with Crippen molar-refractivity contribution >= 4 is 23.7 Å². The van der Waals surface area contributed by atoms with Crippen molar-refractivity contribution in [3.8, 4) is 0 Å². The molecule has 1 heterocycles. The van der Waals surface area contributed by atoms with E-state index in [0.29, 0.717) is 25.8 Å². The van der Waals surface area contributed by atoms with E-state index in [4.69, 9.17) is 9.15 Å². The Morgan fingerprint density at radius 3 is 1.96 bits per heavy atom. The van der Waals surface area contributed by atoms with Crippen LogP contribution in [-0.4, -0.2) is 47.3 Å². The molecule has 0 fully saturated rings. The number of Topliss-reactive ketones (excluding diaryl/α,β-unsaturated/α-hetero) is 1. The Kier molecular flexibility index (Phi) is 12.6. The maximum Gasteiger partial charge on any atom is 0.408 e. The maximum atomic E-state index is 13.6. The monoisotopic (exact) mass is 624 g/mol. The zero-order chi connectivity index (χ0) is 32.7. The van der Waals surface area contributed by atoms with Gasteiger partial charge >= 0.3 is 6.09 Å². The summed E-state index contributed by atoms with van der Waals surface area (Å²) in [7, 11) is 0. The first-order valence-corrected chi connectivity index (χ1v) is 15.4. The van der Waals surface area contributed by atoms with Gasteiger partial charge in [0.15, 0.2) is 5.69 Å². The Balaban J connectivity index is 1.42. The topological polar surface area (TPSA) is 140 Å². The smallest absolute Gasteiger partial charge is 0.408 e. The fraction of sp³-hybridized carbons (Fsp3) is 0.306. The molecular weight excluding hydrogens is 584 g/mol. The van der Waals surface area contributed by atoms with Crippen LogP contribution in [0.4, 0.5) is 4.79 Å². The van der Waals surface area contributed by atoms with Crippen LogP contribution in [0, 0.1) is 5.92 Å². The Morgan fingerprint density at radius 1 is 0.761 bits per heavy atom. The molecule has 3 aromatic carbocycles. The van der Waals surface area contributed by atoms with Crippen LogP contribution < -0.4 is 16.0 Å². The summed E-state index contributed by atoms with van der Waals surface area (Å²) < 4.78 is 10.8. The average molecular weight is 625 g/mol. The van der Waals surface area contributed by atoms with Crippen molar-refractivity contribution in [3.63, 3.8) is 0 Å². The summed E-state index contributed by atoms with van der Waals surface area (Å²) in [5.74, 6) is -1.83. The van der Waals surface area contributed by atoms with Crippen molar-refractivity contribution < 1.29 is 28.3 Å². The fourth-order valence-electron chi connectivity index (χ4n) is 4.80. The van der Waals surface area contributed by atoms with Crippen LogP contribution in [0.15, 0.2) is 102 Å². The molecule has 0 radical (unpaired) electrons. The van der Waals surface area contributed by atoms with Crippen molar-refractivity contribution in [1.29, 1.82) is 0 Å². The van der Waals surface area contributed by atoms with Crippen molar-refractivity contribution in [3.05, 3.63) is 126 Å². The van der Waals surface area contributed by atoms with Gasteiger partial charge in [0.25, 0.3) is 11.8 Å². The molecule has 240 valence electrons. The average Bonchev–Trinajstić information content (AvgIpc) is 3.57. The molecule has 0 bridgehead atoms. The van der Waals surface area contributed by atoms with E-state index < -0.39 is 35.8 Å². The number of rotatable bonds is 16. The quantitative estimate of drug-likeness (QED) is 0.144. The highest BCUT2D eigenvalue weighted by Gasteiger charge is 2.31. The predicted molar refractivity (Wildman–Crippen MR) is 173 cm³/mol. The largest absolute Gasteiger partial charge is 0.445 e. The Bertz CT molecular complexity index is 1560. The van der Waals surface area contributed by atoms with E-state index in [9.17, 15) is 19.2 Å². The number of ether oxygens (including phenoxy) is 1. The van der Waals surface area contributed by atoms with E-state index >= 15 is 0 Å². The summed E-state index contributed by atoms with van der Waals surface area (Å²) in [6, 6.07) is 26.5. The molecule has 0 saturated carbocycles. The summed E-state index contributed by atoms with van der Waals surface area (Å²) in [4.78, 5) is 56.7. The molecule has 0 aliphatic rings. The molecule has 2 atom stereocenters. The van der Waals surface area contributed by atoms with Gasteiger partial charge in [0.2, 0.25) is 11.7 Å². The standard InChI is InChI=1S/C36H40N4O6/c1-25(2)22-30(40-36(44)46-23-28-16-10-5-11-17-28)34(43)38-29(19-18-26-12-6-3-7-13-26)32(41)35-39-31(24-45-35)33(42)37-21-20-27-14-8-4-9-15-27/h3-17,24-25,29-30H,18-23H2,1-2H3,(H,37,42)(H,38,43)(H,40,44)/t29-,30?/m0/s1. The maximum absolute atomic E-state index is 13.6. The van der Waals surface area contributed by atoms with Crippen molar-refractivity contribution in [2.75, 3.05) is 6.54 Å². The van der Waals surface area contributed by atoms with Gasteiger partial charge in [-0.3, -0.25) is 14.4 Å². The van der Waals surface area contributed by atoms with Gasteiger partial charge in [-0.05, 0) is 48.3 Å². The summed E-state index contributed by atoms with van der Waals surface area (Å²) >= 11 is 0. The number of benzene rings is 3. The highest BCUT2D eigenvalue weighted by molar-refractivity contribution is 6.00. The van der Waals surface area contributed by atoms with Gasteiger partial charge in [0.05, 0.1) is 6.04 Å². The highest BCUT2D eigenvalue weighted by Crippen LogP contribution is 2.14. The number of hydrogen-bond donors (Lipinski definition) is 3. The molecule has 10 nitrogen and oxygen atoms in total. The third kappa shape index (κ3) is 10.7. The molecule has 4 aromatic rings. The van der Waals surface area contributed by atoms with Crippen LogP contribution in [0.5, 0.6) is 0 Å². The van der Waals surface area contributed by atoms with Gasteiger partial charge < -0.3 is 25.1 Å². The molecule has 0 spiro atoms. The third-order valence-corrected chi connectivity index (χ3v) is 7.22. The molecule has 4 rings (SSSR count). The number of amides is 3. The Hall–Kier alpha value is -5.25. The number of aromatic nitrogens is 1. The normalized spacial score (nSPS) is 12.2. The molecule has 10 heteroatoms. The molecule has 1 aromatic heterocycles. The van der Waals surface area contributed by atoms with E-state index in [1.165, 1.54) is 0 Å². The first kappa shape index (κ1) is 33.6. The lowest BCUT2D eigenvalue weighted by Gasteiger charge is -2.23. The summed E-state index contributed by atoms with van der Waals surface area (Å²) in [6.07, 6.45) is 2.06. The SMILES string of the molecule is CC(C)CC(NC(=O)OCc1ccccc1)C(=O)N[C@@H](CCc1ccccc1)C(=O)c1nc(C(=O)NCCc2ccccc2)co1. The van der Waals surface area contributed by atoms with Gasteiger partial charge in [-0.1, -0.05) is 105 Å². The molecule has 46 heavy (non-hydrogen) atoms. The summed E-state index contributed by atoms with van der Waals surface area (Å²) in [5, 5.41) is 8.24. The lowest BCUT2D eigenvalue weighted by molar-refractivity contribution is -0.124. The fourth-order valence-corrected chi connectivity index (χ4v) is 4.80. The molecule has 3 amide bonds. The van der Waals surface area contributed by atoms with Gasteiger partial charge in [-0.25, -0.2) is 9.78 Å². The Labute approximate surface area is 269 Å². The first-order chi connectivity index (χ1) is 22.3. The molecule has 3 N–H and O–H groups in total. The van der Waals surface area contributed by atoms with E-state index in [-0.39, 0.29) is 30.5 Å². The van der Waals surface area contributed by atoms with Gasteiger partial charge in [0.1, 0.15) is 18.9 Å². The van der Waals surface area contributed by atoms with E-state index in [2.05, 4.69) is 20.9 Å². The molecule has 1 unspecified atom stereocenters. The van der Waals surface area contributed by atoms with Crippen LogP contribution in [0.1, 0.15) is 64.6 Å². The van der Waals surface area contributed by atoms with Crippen molar-refractivity contribution in [2.45, 2.75) is 58.2 Å². The van der Waals surface area contributed by atoms with E-state index in [1.807, 2.05) is 105 Å². The molecular formula is C36H40N4O6. The molecule has 0 aliphatic carbocycles. The minimum absolute atomic E-state index is 0.0370. The van der Waals surface area contributed by atoms with Crippen LogP contribution in [0.3, 0.4) is 0 Å². The number of alkyl carbamates (subject to hydrolysis) is 1. The van der Waals surface area contributed by atoms with Crippen LogP contribution in [0.2, 0.25) is 0 Å². The van der Waals surface area contributed by atoms with Crippen LogP contribution in [-0.2, 0) is 29.0 Å². The number of hydrogen-bond acceptors (Lipinski definition) is 7. The second kappa shape index (κ2) is 17.3. The van der Waals surface area contributed by atoms with E-state index in [1.54, 1.807) is 0 Å². The molecule has 0 saturated heterocycles. The predicted octanol–water partition coefficient (Wildman–Crippen LogP) is 5.29. The van der Waals surface area contributed by atoms with Gasteiger partial charge in [-0.15, -0.1) is 0 Å². The highest BCUT2D eigenvalue weighted by atomic mass is 16.5. The first-order valence-electron chi connectivity index (χ1n) is 15.4. The van der Waals surface area contributed by atoms with Gasteiger partial charge in [-0.2, -0.15) is 0 Å². The zero-order valence-electron chi connectivity index (χ0n) is 26.1. The lowest BCUT2D eigenvalue weighted by atomic mass is 9.99. The third-order valence-electron chi connectivity index (χ3n) is 7.22. The number of oxazole rings is 1. The second-order valence-corrected chi connectivity index (χ2v) is 11.4. The summed E-state index contributed by atoms with van der Waals surface area (Å²) in [6.45, 7) is 4.28. The number of nitrogens with one attached hydrogen (secondary N) is 3. The number of aryl methyl sites for hydroxylation is 1. The van der Waals surface area contributed by atoms with Crippen molar-refractivity contribution in [1.82, 2.24) is 20.9 Å². The van der Waals surface area contributed by atoms with Crippen LogP contribution >= 0.6 is 0 Å². The second-order valence-electron chi connectivity index (χ2n) is 11.4. The number of carbonyl (C=O) groups is 4. The zero-order valence-corrected chi connectivity index (χ0v) is 26.1. The van der Waals surface area contributed by atoms with E-state index in [0.717, 1.165) is 23.0 Å². The number of nitrogens with zero attached hydrogens (tertiary/aromatic N) is 1. The van der Waals surface area contributed by atoms with Crippen LogP contribution in [0.25, 0.3) is 0 Å². The Morgan fingerprint density at radius 2 is 1.35 bits per heavy atom. The lowest BCUT2D eigenvalue weighted by Crippen LogP contribution is -2.52.